The predicted octanol–water partition coefficient (Wildman–Crippen LogP) is 2.36. The molecule has 0 unspecified atom stereocenters. The zero-order chi connectivity index (χ0) is 17.0. The summed E-state index contributed by atoms with van der Waals surface area (Å²) in [6.07, 6.45) is 1.61. The second kappa shape index (κ2) is 6.66. The monoisotopic (exact) mass is 336 g/mol. The highest BCUT2D eigenvalue weighted by atomic mass is 32.2. The van der Waals surface area contributed by atoms with E-state index in [0.29, 0.717) is 13.0 Å². The molecule has 8 heteroatoms. The molecule has 0 aliphatic heterocycles. The molecule has 2 N–H and O–H groups in total. The van der Waals surface area contributed by atoms with Gasteiger partial charge in [0.15, 0.2) is 9.84 Å². The Morgan fingerprint density at radius 3 is 2.39 bits per heavy atom. The number of nitrogens with one attached hydrogen (secondary N) is 1. The van der Waals surface area contributed by atoms with E-state index in [9.17, 15) is 23.6 Å². The van der Waals surface area contributed by atoms with E-state index >= 15 is 0 Å². The third-order valence-electron chi connectivity index (χ3n) is 3.26. The summed E-state index contributed by atoms with van der Waals surface area (Å²) in [5, 5.41) is 23.3. The van der Waals surface area contributed by atoms with Crippen LogP contribution in [-0.4, -0.2) is 31.2 Å². The van der Waals surface area contributed by atoms with Crippen molar-refractivity contribution in [3.8, 4) is 5.75 Å². The lowest BCUT2D eigenvalue weighted by molar-refractivity contribution is -0.384. The van der Waals surface area contributed by atoms with Crippen LogP contribution >= 0.6 is 0 Å². The van der Waals surface area contributed by atoms with Gasteiger partial charge in [-0.15, -0.1) is 0 Å². The molecule has 0 fully saturated rings. The van der Waals surface area contributed by atoms with Crippen molar-refractivity contribution in [1.82, 2.24) is 0 Å². The minimum atomic E-state index is -3.50. The molecule has 0 atom stereocenters. The molecule has 0 saturated heterocycles. The van der Waals surface area contributed by atoms with Crippen molar-refractivity contribution in [2.75, 3.05) is 18.1 Å². The van der Waals surface area contributed by atoms with Crippen LogP contribution in [-0.2, 0) is 16.3 Å². The Morgan fingerprint density at radius 2 is 1.83 bits per heavy atom. The SMILES string of the molecule is CS(=O)(=O)c1ccc(NCCc2ccc(O)cc2)c([N+](=O)[O-])c1. The van der Waals surface area contributed by atoms with Crippen molar-refractivity contribution < 1.29 is 18.4 Å². The topological polar surface area (TPSA) is 110 Å². The van der Waals surface area contributed by atoms with Crippen molar-refractivity contribution in [3.05, 3.63) is 58.1 Å². The van der Waals surface area contributed by atoms with Crippen LogP contribution in [0.3, 0.4) is 0 Å². The summed E-state index contributed by atoms with van der Waals surface area (Å²) < 4.78 is 23.0. The van der Waals surface area contributed by atoms with E-state index < -0.39 is 14.8 Å². The molecule has 0 aliphatic rings. The number of phenolic OH excluding ortho intramolecular Hbond substituents is 1. The van der Waals surface area contributed by atoms with Crippen molar-refractivity contribution in [2.24, 2.45) is 0 Å². The fourth-order valence-corrected chi connectivity index (χ4v) is 2.69. The number of hydrogen-bond acceptors (Lipinski definition) is 6. The number of hydrogen-bond donors (Lipinski definition) is 2. The molecule has 0 amide bonds. The Kier molecular flexibility index (Phi) is 4.85. The first kappa shape index (κ1) is 16.8. The summed E-state index contributed by atoms with van der Waals surface area (Å²) in [6, 6.07) is 10.4. The molecule has 0 spiro atoms. The number of nitro groups is 1. The van der Waals surface area contributed by atoms with Gasteiger partial charge in [0, 0.05) is 18.9 Å². The number of nitro benzene ring substituents is 1. The zero-order valence-corrected chi connectivity index (χ0v) is 13.2. The van der Waals surface area contributed by atoms with Gasteiger partial charge in [-0.2, -0.15) is 0 Å². The summed E-state index contributed by atoms with van der Waals surface area (Å²) in [5.41, 5.74) is 0.950. The van der Waals surface area contributed by atoms with E-state index in [-0.39, 0.29) is 22.0 Å². The number of aromatic hydroxyl groups is 1. The van der Waals surface area contributed by atoms with Gasteiger partial charge in [-0.25, -0.2) is 8.42 Å². The first-order chi connectivity index (χ1) is 10.8. The average Bonchev–Trinajstić information content (AvgIpc) is 2.48. The molecular weight excluding hydrogens is 320 g/mol. The second-order valence-corrected chi connectivity index (χ2v) is 7.07. The molecule has 2 aromatic rings. The van der Waals surface area contributed by atoms with Crippen molar-refractivity contribution in [2.45, 2.75) is 11.3 Å². The van der Waals surface area contributed by atoms with Gasteiger partial charge in [0.1, 0.15) is 11.4 Å². The lowest BCUT2D eigenvalue weighted by Gasteiger charge is -2.08. The maximum atomic E-state index is 11.5. The van der Waals surface area contributed by atoms with Crippen LogP contribution in [0.25, 0.3) is 0 Å². The quantitative estimate of drug-likeness (QED) is 0.619. The van der Waals surface area contributed by atoms with Crippen LogP contribution < -0.4 is 5.32 Å². The van der Waals surface area contributed by atoms with Crippen molar-refractivity contribution in [1.29, 1.82) is 0 Å². The molecule has 23 heavy (non-hydrogen) atoms. The molecule has 0 heterocycles. The molecule has 122 valence electrons. The van der Waals surface area contributed by atoms with Gasteiger partial charge in [0.25, 0.3) is 5.69 Å². The van der Waals surface area contributed by atoms with Gasteiger partial charge in [-0.1, -0.05) is 12.1 Å². The van der Waals surface area contributed by atoms with Gasteiger partial charge < -0.3 is 10.4 Å². The van der Waals surface area contributed by atoms with Crippen molar-refractivity contribution >= 4 is 21.2 Å². The molecular formula is C15H16N2O5S. The third kappa shape index (κ3) is 4.43. The van der Waals surface area contributed by atoms with E-state index in [0.717, 1.165) is 17.9 Å². The molecule has 0 radical (unpaired) electrons. The number of rotatable bonds is 6. The highest BCUT2D eigenvalue weighted by molar-refractivity contribution is 7.90. The minimum Gasteiger partial charge on any atom is -0.508 e. The Balaban J connectivity index is 2.13. The van der Waals surface area contributed by atoms with Gasteiger partial charge >= 0.3 is 0 Å². The minimum absolute atomic E-state index is 0.0896. The molecule has 0 saturated carbocycles. The van der Waals surface area contributed by atoms with Crippen LogP contribution in [0, 0.1) is 10.1 Å². The normalized spacial score (nSPS) is 11.2. The highest BCUT2D eigenvalue weighted by Gasteiger charge is 2.18. The summed E-state index contributed by atoms with van der Waals surface area (Å²) in [6.45, 7) is 0.434. The van der Waals surface area contributed by atoms with Gasteiger partial charge in [0.2, 0.25) is 0 Å². The van der Waals surface area contributed by atoms with Gasteiger partial charge in [-0.05, 0) is 36.2 Å². The standard InChI is InChI=1S/C15H16N2O5S/c1-23(21,22)13-6-7-14(15(10-13)17(19)20)16-9-8-11-2-4-12(18)5-3-11/h2-7,10,16,18H,8-9H2,1H3. The van der Waals surface area contributed by atoms with Crippen molar-refractivity contribution in [3.63, 3.8) is 0 Å². The maximum absolute atomic E-state index is 11.5. The zero-order valence-electron chi connectivity index (χ0n) is 12.4. The Morgan fingerprint density at radius 1 is 1.17 bits per heavy atom. The number of phenols is 1. The van der Waals surface area contributed by atoms with Gasteiger partial charge in [-0.3, -0.25) is 10.1 Å². The van der Waals surface area contributed by atoms with Crippen LogP contribution in [0.2, 0.25) is 0 Å². The van der Waals surface area contributed by atoms with E-state index in [2.05, 4.69) is 5.32 Å². The number of nitrogens with zero attached hydrogens (tertiary/aromatic N) is 1. The van der Waals surface area contributed by atoms with Crippen LogP contribution in [0.5, 0.6) is 5.75 Å². The molecule has 2 aromatic carbocycles. The highest BCUT2D eigenvalue weighted by Crippen LogP contribution is 2.27. The Bertz CT molecular complexity index is 816. The van der Waals surface area contributed by atoms with E-state index in [4.69, 9.17) is 0 Å². The lowest BCUT2D eigenvalue weighted by Crippen LogP contribution is -2.08. The van der Waals surface area contributed by atoms with Crippen LogP contribution in [0.4, 0.5) is 11.4 Å². The summed E-state index contributed by atoms with van der Waals surface area (Å²) in [4.78, 5) is 10.4. The third-order valence-corrected chi connectivity index (χ3v) is 4.37. The maximum Gasteiger partial charge on any atom is 0.293 e. The fraction of sp³-hybridized carbons (Fsp3) is 0.200. The average molecular weight is 336 g/mol. The lowest BCUT2D eigenvalue weighted by atomic mass is 10.1. The van der Waals surface area contributed by atoms with E-state index in [1.165, 1.54) is 12.1 Å². The van der Waals surface area contributed by atoms with E-state index in [1.54, 1.807) is 24.3 Å². The van der Waals surface area contributed by atoms with Gasteiger partial charge in [0.05, 0.1) is 9.82 Å². The molecule has 2 rings (SSSR count). The first-order valence-electron chi connectivity index (χ1n) is 6.77. The molecule has 0 aliphatic carbocycles. The number of sulfone groups is 1. The predicted molar refractivity (Wildman–Crippen MR) is 86.5 cm³/mol. The largest absolute Gasteiger partial charge is 0.508 e. The smallest absolute Gasteiger partial charge is 0.293 e. The summed E-state index contributed by atoms with van der Waals surface area (Å²) in [5.74, 6) is 0.175. The Labute approximate surface area is 133 Å². The molecule has 7 nitrogen and oxygen atoms in total. The number of anilines is 1. The van der Waals surface area contributed by atoms with Crippen LogP contribution in [0.1, 0.15) is 5.56 Å². The number of benzene rings is 2. The molecule has 0 bridgehead atoms. The fourth-order valence-electron chi connectivity index (χ4n) is 2.05. The van der Waals surface area contributed by atoms with E-state index in [1.807, 2.05) is 0 Å². The summed E-state index contributed by atoms with van der Waals surface area (Å²) >= 11 is 0. The summed E-state index contributed by atoms with van der Waals surface area (Å²) in [7, 11) is -3.50. The van der Waals surface area contributed by atoms with Crippen LogP contribution in [0.15, 0.2) is 47.4 Å². The second-order valence-electron chi connectivity index (χ2n) is 5.05. The Hall–Kier alpha value is -2.61. The molecule has 0 aromatic heterocycles. The first-order valence-corrected chi connectivity index (χ1v) is 8.67.